The van der Waals surface area contributed by atoms with Crippen LogP contribution in [-0.2, 0) is 9.47 Å². The predicted molar refractivity (Wildman–Crippen MR) is 137 cm³/mol. The highest BCUT2D eigenvalue weighted by Crippen LogP contribution is 2.38. The summed E-state index contributed by atoms with van der Waals surface area (Å²) >= 11 is 7.61. The van der Waals surface area contributed by atoms with Gasteiger partial charge in [0.05, 0.1) is 17.8 Å². The Balaban J connectivity index is 1.82. The first-order valence-corrected chi connectivity index (χ1v) is 12.5. The van der Waals surface area contributed by atoms with E-state index < -0.39 is 23.2 Å². The molecule has 0 spiro atoms. The highest BCUT2D eigenvalue weighted by Gasteiger charge is 2.34. The van der Waals surface area contributed by atoms with Gasteiger partial charge in [-0.15, -0.1) is 0 Å². The number of ether oxygens (including phenoxy) is 2. The van der Waals surface area contributed by atoms with Crippen LogP contribution in [0.1, 0.15) is 56.6 Å². The van der Waals surface area contributed by atoms with E-state index in [1.54, 1.807) is 12.3 Å². The first-order valence-electron chi connectivity index (χ1n) is 11.3. The number of hydrogen-bond donors (Lipinski definition) is 2. The molecule has 3 rings (SSSR count). The molecular weight excluding hydrogens is 490 g/mol. The Labute approximate surface area is 215 Å². The summed E-state index contributed by atoms with van der Waals surface area (Å²) in [6, 6.07) is 3.68. The zero-order chi connectivity index (χ0) is 26.0. The van der Waals surface area contributed by atoms with Crippen molar-refractivity contribution in [3.8, 4) is 0 Å². The van der Waals surface area contributed by atoms with Crippen molar-refractivity contribution >= 4 is 46.9 Å². The number of carbonyl (C=O) groups excluding carboxylic acids is 2. The Kier molecular flexibility index (Phi) is 8.06. The molecule has 1 saturated heterocycles. The first-order chi connectivity index (χ1) is 16.3. The molecule has 3 heterocycles. The van der Waals surface area contributed by atoms with Gasteiger partial charge in [0.25, 0.3) is 0 Å². The van der Waals surface area contributed by atoms with Crippen LogP contribution < -0.4 is 16.0 Å². The molecule has 11 heteroatoms. The van der Waals surface area contributed by atoms with E-state index in [2.05, 4.69) is 20.2 Å². The number of piperidine rings is 1. The lowest BCUT2D eigenvalue weighted by molar-refractivity contribution is 0.0448. The number of halogens is 1. The van der Waals surface area contributed by atoms with E-state index in [0.29, 0.717) is 46.6 Å². The molecule has 0 saturated carbocycles. The van der Waals surface area contributed by atoms with Gasteiger partial charge < -0.3 is 25.4 Å². The second kappa shape index (κ2) is 10.5. The molecule has 1 aliphatic rings. The zero-order valence-corrected chi connectivity index (χ0v) is 22.5. The van der Waals surface area contributed by atoms with Crippen molar-refractivity contribution < 1.29 is 19.1 Å². The number of alkyl carbamates (subject to hydrolysis) is 1. The topological polar surface area (TPSA) is 120 Å². The fourth-order valence-corrected chi connectivity index (χ4v) is 4.83. The number of carbonyl (C=O) groups is 2. The number of rotatable bonds is 5. The van der Waals surface area contributed by atoms with E-state index in [1.807, 2.05) is 40.7 Å². The van der Waals surface area contributed by atoms with Crippen molar-refractivity contribution in [2.24, 2.45) is 0 Å². The summed E-state index contributed by atoms with van der Waals surface area (Å²) in [6.07, 6.45) is 2.49. The van der Waals surface area contributed by atoms with Gasteiger partial charge in [-0.2, -0.15) is 0 Å². The van der Waals surface area contributed by atoms with Crippen LogP contribution in [0.25, 0.3) is 0 Å². The maximum absolute atomic E-state index is 12.7. The normalized spacial score (nSPS) is 15.5. The van der Waals surface area contributed by atoms with Crippen LogP contribution in [0.15, 0.2) is 28.3 Å². The minimum atomic E-state index is -0.564. The van der Waals surface area contributed by atoms with E-state index in [9.17, 15) is 9.59 Å². The fraction of sp³-hybridized carbons (Fsp3) is 0.500. The molecule has 2 aromatic heterocycles. The lowest BCUT2D eigenvalue weighted by Gasteiger charge is -2.41. The molecule has 1 aliphatic heterocycles. The molecule has 0 unspecified atom stereocenters. The van der Waals surface area contributed by atoms with Gasteiger partial charge in [0.2, 0.25) is 0 Å². The Morgan fingerprint density at radius 2 is 1.94 bits per heavy atom. The number of amides is 1. The Morgan fingerprint density at radius 1 is 1.29 bits per heavy atom. The van der Waals surface area contributed by atoms with Crippen molar-refractivity contribution in [1.29, 1.82) is 0 Å². The van der Waals surface area contributed by atoms with Crippen molar-refractivity contribution in [1.82, 2.24) is 15.3 Å². The van der Waals surface area contributed by atoms with E-state index in [1.165, 1.54) is 18.9 Å². The van der Waals surface area contributed by atoms with Crippen LogP contribution in [0.4, 0.5) is 16.3 Å². The number of hydrogen-bond acceptors (Lipinski definition) is 9. The number of esters is 1. The molecule has 0 bridgehead atoms. The second-order valence-electron chi connectivity index (χ2n) is 9.75. The number of methoxy groups -OCH3 is 1. The number of nitrogens with zero attached hydrogens (tertiary/aromatic N) is 3. The second-order valence-corrected chi connectivity index (χ2v) is 11.2. The van der Waals surface area contributed by atoms with E-state index in [0.717, 1.165) is 5.56 Å². The number of nitrogen functional groups attached to an aromatic ring is 1. The Bertz CT molecular complexity index is 1110. The van der Waals surface area contributed by atoms with Gasteiger partial charge in [-0.1, -0.05) is 23.4 Å². The van der Waals surface area contributed by atoms with Crippen LogP contribution in [0.5, 0.6) is 0 Å². The molecule has 0 radical (unpaired) electrons. The maximum Gasteiger partial charge on any atom is 0.408 e. The number of nitrogens with two attached hydrogens (primary N) is 1. The summed E-state index contributed by atoms with van der Waals surface area (Å²) < 4.78 is 10.4. The van der Waals surface area contributed by atoms with Crippen molar-refractivity contribution in [3.05, 3.63) is 34.6 Å². The summed E-state index contributed by atoms with van der Waals surface area (Å²) in [7, 11) is 1.33. The standard InChI is InChI=1S/C24H32ClN5O4S/c1-14-13-15(30-11-8-24(5,9-12-30)29-22(32)34-23(2,3)4)18(21(31)33-6)28-20(14)35-16-7-10-27-19(26)17(16)25/h7,10,13H,8-9,11-12H2,1-6H3,(H2,26,27)(H,29,32). The molecule has 190 valence electrons. The molecule has 3 N–H and O–H groups in total. The van der Waals surface area contributed by atoms with E-state index >= 15 is 0 Å². The molecule has 35 heavy (non-hydrogen) atoms. The Morgan fingerprint density at radius 3 is 2.54 bits per heavy atom. The number of aryl methyl sites for hydroxylation is 1. The van der Waals surface area contributed by atoms with Gasteiger partial charge >= 0.3 is 12.1 Å². The molecular formula is C24H32ClN5O4S. The van der Waals surface area contributed by atoms with Crippen molar-refractivity contribution in [3.63, 3.8) is 0 Å². The summed E-state index contributed by atoms with van der Waals surface area (Å²) in [5.74, 6) is -0.294. The van der Waals surface area contributed by atoms with Crippen molar-refractivity contribution in [2.45, 2.75) is 68.5 Å². The number of anilines is 2. The van der Waals surface area contributed by atoms with Gasteiger partial charge in [0.15, 0.2) is 5.69 Å². The highest BCUT2D eigenvalue weighted by atomic mass is 35.5. The third kappa shape index (κ3) is 6.70. The lowest BCUT2D eigenvalue weighted by Crippen LogP contribution is -2.54. The zero-order valence-electron chi connectivity index (χ0n) is 20.9. The van der Waals surface area contributed by atoms with Crippen LogP contribution in [0, 0.1) is 6.92 Å². The number of pyridine rings is 2. The average Bonchev–Trinajstić information content (AvgIpc) is 2.76. The molecule has 0 aromatic carbocycles. The SMILES string of the molecule is COC(=O)c1nc(Sc2ccnc(N)c2Cl)c(C)cc1N1CCC(C)(NC(=O)OC(C)(C)C)CC1. The summed E-state index contributed by atoms with van der Waals surface area (Å²) in [5.41, 5.74) is 6.64. The first kappa shape index (κ1) is 26.9. The van der Waals surface area contributed by atoms with Gasteiger partial charge in [0, 0.05) is 29.7 Å². The predicted octanol–water partition coefficient (Wildman–Crippen LogP) is 4.84. The minimum absolute atomic E-state index is 0.224. The minimum Gasteiger partial charge on any atom is -0.464 e. The van der Waals surface area contributed by atoms with Crippen LogP contribution >= 0.6 is 23.4 Å². The molecule has 0 atom stereocenters. The number of nitrogens with one attached hydrogen (secondary N) is 1. The van der Waals surface area contributed by atoms with Crippen LogP contribution in [0.3, 0.4) is 0 Å². The fourth-order valence-electron chi connectivity index (χ4n) is 3.71. The summed E-state index contributed by atoms with van der Waals surface area (Å²) in [5, 5.41) is 3.97. The maximum atomic E-state index is 12.7. The van der Waals surface area contributed by atoms with Gasteiger partial charge in [-0.05, 0) is 65.2 Å². The molecule has 0 aliphatic carbocycles. The molecule has 1 amide bonds. The summed E-state index contributed by atoms with van der Waals surface area (Å²) in [6.45, 7) is 10.7. The molecule has 9 nitrogen and oxygen atoms in total. The van der Waals surface area contributed by atoms with Gasteiger partial charge in [-0.3, -0.25) is 0 Å². The Hall–Kier alpha value is -2.72. The molecule has 1 fully saturated rings. The molecule has 2 aromatic rings. The van der Waals surface area contributed by atoms with Gasteiger partial charge in [-0.25, -0.2) is 19.6 Å². The van der Waals surface area contributed by atoms with Gasteiger partial charge in [0.1, 0.15) is 16.4 Å². The van der Waals surface area contributed by atoms with Crippen LogP contribution in [-0.4, -0.2) is 53.4 Å². The van der Waals surface area contributed by atoms with Crippen LogP contribution in [0.2, 0.25) is 5.02 Å². The monoisotopic (exact) mass is 521 g/mol. The van der Waals surface area contributed by atoms with E-state index in [4.69, 9.17) is 26.8 Å². The smallest absolute Gasteiger partial charge is 0.408 e. The average molecular weight is 522 g/mol. The summed E-state index contributed by atoms with van der Waals surface area (Å²) in [4.78, 5) is 36.4. The lowest BCUT2D eigenvalue weighted by atomic mass is 9.89. The third-order valence-electron chi connectivity index (χ3n) is 5.62. The number of aromatic nitrogens is 2. The quantitative estimate of drug-likeness (QED) is 0.532. The third-order valence-corrected chi connectivity index (χ3v) is 7.30. The largest absolute Gasteiger partial charge is 0.464 e. The van der Waals surface area contributed by atoms with Crippen molar-refractivity contribution in [2.75, 3.05) is 30.8 Å². The van der Waals surface area contributed by atoms with E-state index in [-0.39, 0.29) is 11.5 Å². The highest BCUT2D eigenvalue weighted by molar-refractivity contribution is 7.99.